The summed E-state index contributed by atoms with van der Waals surface area (Å²) in [5, 5.41) is 10.9. The van der Waals surface area contributed by atoms with Crippen molar-refractivity contribution in [2.75, 3.05) is 13.7 Å². The lowest BCUT2D eigenvalue weighted by molar-refractivity contribution is -0.123. The fourth-order valence-corrected chi connectivity index (χ4v) is 3.28. The van der Waals surface area contributed by atoms with Gasteiger partial charge in [-0.3, -0.25) is 9.48 Å². The van der Waals surface area contributed by atoms with Gasteiger partial charge in [0.2, 0.25) is 5.91 Å². The maximum absolute atomic E-state index is 12.3. The number of hydrogen-bond donors (Lipinski definition) is 2. The van der Waals surface area contributed by atoms with E-state index in [1.807, 2.05) is 29.8 Å². The van der Waals surface area contributed by atoms with Crippen LogP contribution in [0.4, 0.5) is 0 Å². The third kappa shape index (κ3) is 4.08. The quantitative estimate of drug-likeness (QED) is 0.836. The van der Waals surface area contributed by atoms with E-state index in [0.717, 1.165) is 30.0 Å². The molecule has 1 aromatic heterocycles. The third-order valence-electron chi connectivity index (χ3n) is 4.89. The van der Waals surface area contributed by atoms with Crippen LogP contribution in [0, 0.1) is 13.8 Å². The zero-order valence-corrected chi connectivity index (χ0v) is 15.1. The molecule has 0 saturated carbocycles. The van der Waals surface area contributed by atoms with Crippen LogP contribution in [0.2, 0.25) is 0 Å². The molecule has 0 aliphatic carbocycles. The van der Waals surface area contributed by atoms with E-state index in [0.29, 0.717) is 13.0 Å². The number of carbonyl (C=O) groups is 1. The highest BCUT2D eigenvalue weighted by atomic mass is 16.5. The second-order valence-corrected chi connectivity index (χ2v) is 6.56. The number of aromatic nitrogens is 2. The third-order valence-corrected chi connectivity index (χ3v) is 4.89. The van der Waals surface area contributed by atoms with Gasteiger partial charge in [-0.25, -0.2) is 0 Å². The Morgan fingerprint density at radius 3 is 2.80 bits per heavy atom. The summed E-state index contributed by atoms with van der Waals surface area (Å²) in [4.78, 5) is 12.3. The minimum atomic E-state index is -0.176. The van der Waals surface area contributed by atoms with E-state index in [1.165, 1.54) is 5.56 Å². The number of aryl methyl sites for hydroxylation is 1. The molecule has 2 N–H and O–H groups in total. The maximum Gasteiger partial charge on any atom is 0.237 e. The molecule has 134 valence electrons. The molecule has 0 unspecified atom stereocenters. The van der Waals surface area contributed by atoms with Crippen LogP contribution in [-0.2, 0) is 22.6 Å². The lowest BCUT2D eigenvalue weighted by Gasteiger charge is -2.12. The highest BCUT2D eigenvalue weighted by Crippen LogP contribution is 2.15. The molecule has 2 aromatic rings. The monoisotopic (exact) mass is 342 g/mol. The summed E-state index contributed by atoms with van der Waals surface area (Å²) in [7, 11) is 1.68. The minimum Gasteiger partial charge on any atom is -0.380 e. The first-order valence-electron chi connectivity index (χ1n) is 8.69. The molecular weight excluding hydrogens is 316 g/mol. The number of carbonyl (C=O) groups excluding carboxylic acids is 1. The molecule has 1 fully saturated rings. The molecule has 1 amide bonds. The Morgan fingerprint density at radius 1 is 1.36 bits per heavy atom. The van der Waals surface area contributed by atoms with Gasteiger partial charge in [0.05, 0.1) is 24.4 Å². The number of benzene rings is 1. The Balaban J connectivity index is 1.62. The largest absolute Gasteiger partial charge is 0.380 e. The number of ether oxygens (including phenoxy) is 1. The fraction of sp³-hybridized carbons (Fsp3) is 0.474. The van der Waals surface area contributed by atoms with E-state index >= 15 is 0 Å². The van der Waals surface area contributed by atoms with E-state index in [9.17, 15) is 4.79 Å². The summed E-state index contributed by atoms with van der Waals surface area (Å²) in [6.07, 6.45) is 0.834. The van der Waals surface area contributed by atoms with Gasteiger partial charge < -0.3 is 15.4 Å². The fourth-order valence-electron chi connectivity index (χ4n) is 3.28. The smallest absolute Gasteiger partial charge is 0.237 e. The van der Waals surface area contributed by atoms with Crippen LogP contribution in [0.5, 0.6) is 0 Å². The first-order valence-corrected chi connectivity index (χ1v) is 8.69. The second kappa shape index (κ2) is 7.80. The predicted molar refractivity (Wildman–Crippen MR) is 96.3 cm³/mol. The van der Waals surface area contributed by atoms with Gasteiger partial charge in [0.1, 0.15) is 0 Å². The molecule has 25 heavy (non-hydrogen) atoms. The number of methoxy groups -OCH3 is 1. The van der Waals surface area contributed by atoms with Gasteiger partial charge in [-0.2, -0.15) is 5.10 Å². The number of nitrogens with one attached hydrogen (secondary N) is 2. The van der Waals surface area contributed by atoms with Gasteiger partial charge in [-0.15, -0.1) is 0 Å². The van der Waals surface area contributed by atoms with E-state index in [-0.39, 0.29) is 18.1 Å². The molecule has 0 radical (unpaired) electrons. The van der Waals surface area contributed by atoms with E-state index in [4.69, 9.17) is 4.74 Å². The Kier molecular flexibility index (Phi) is 5.50. The minimum absolute atomic E-state index is 0.0224. The predicted octanol–water partition coefficient (Wildman–Crippen LogP) is 1.54. The molecule has 2 atom stereocenters. The average Bonchev–Trinajstić information content (AvgIpc) is 3.20. The molecule has 1 saturated heterocycles. The molecule has 6 heteroatoms. The molecule has 3 rings (SSSR count). The van der Waals surface area contributed by atoms with Gasteiger partial charge in [0.15, 0.2) is 0 Å². The van der Waals surface area contributed by atoms with Crippen LogP contribution >= 0.6 is 0 Å². The first kappa shape index (κ1) is 17.6. The van der Waals surface area contributed by atoms with Crippen molar-refractivity contribution in [3.8, 4) is 0 Å². The maximum atomic E-state index is 12.3. The Hall–Kier alpha value is -2.18. The summed E-state index contributed by atoms with van der Waals surface area (Å²) < 4.78 is 7.30. The number of hydrogen-bond acceptors (Lipinski definition) is 4. The summed E-state index contributed by atoms with van der Waals surface area (Å²) in [5.41, 5.74) is 4.36. The average molecular weight is 342 g/mol. The zero-order valence-electron chi connectivity index (χ0n) is 15.1. The van der Waals surface area contributed by atoms with Gasteiger partial charge in [0, 0.05) is 31.5 Å². The van der Waals surface area contributed by atoms with Gasteiger partial charge >= 0.3 is 0 Å². The molecule has 1 aliphatic heterocycles. The van der Waals surface area contributed by atoms with Crippen LogP contribution in [0.3, 0.4) is 0 Å². The van der Waals surface area contributed by atoms with Crippen molar-refractivity contribution in [1.29, 1.82) is 0 Å². The van der Waals surface area contributed by atoms with Crippen molar-refractivity contribution in [2.45, 2.75) is 45.5 Å². The highest BCUT2D eigenvalue weighted by molar-refractivity contribution is 5.82. The summed E-state index contributed by atoms with van der Waals surface area (Å²) >= 11 is 0. The van der Waals surface area contributed by atoms with Crippen molar-refractivity contribution < 1.29 is 9.53 Å². The highest BCUT2D eigenvalue weighted by Gasteiger charge is 2.29. The van der Waals surface area contributed by atoms with Gasteiger partial charge in [0.25, 0.3) is 0 Å². The van der Waals surface area contributed by atoms with E-state index < -0.39 is 0 Å². The van der Waals surface area contributed by atoms with Crippen LogP contribution in [0.25, 0.3) is 0 Å². The Labute approximate surface area is 148 Å². The van der Waals surface area contributed by atoms with Crippen molar-refractivity contribution in [1.82, 2.24) is 20.4 Å². The zero-order chi connectivity index (χ0) is 17.8. The Morgan fingerprint density at radius 2 is 2.12 bits per heavy atom. The standard InChI is InChI=1S/C19H26N4O2/c1-13-17(11-21-19(24)18-9-16(25-3)10-20-18)14(2)23(22-13)12-15-7-5-4-6-8-15/h4-8,16,18,20H,9-12H2,1-3H3,(H,21,24)/t16-,18-/m0/s1. The van der Waals surface area contributed by atoms with Crippen molar-refractivity contribution in [3.63, 3.8) is 0 Å². The number of rotatable bonds is 6. The van der Waals surface area contributed by atoms with Gasteiger partial charge in [-0.1, -0.05) is 30.3 Å². The molecule has 1 aliphatic rings. The molecule has 6 nitrogen and oxygen atoms in total. The van der Waals surface area contributed by atoms with Crippen LogP contribution < -0.4 is 10.6 Å². The lowest BCUT2D eigenvalue weighted by atomic mass is 10.1. The van der Waals surface area contributed by atoms with Crippen LogP contribution in [0.1, 0.15) is 28.9 Å². The van der Waals surface area contributed by atoms with Gasteiger partial charge in [-0.05, 0) is 25.8 Å². The lowest BCUT2D eigenvalue weighted by Crippen LogP contribution is -2.40. The first-order chi connectivity index (χ1) is 12.1. The van der Waals surface area contributed by atoms with E-state index in [2.05, 4.69) is 34.8 Å². The van der Waals surface area contributed by atoms with Crippen molar-refractivity contribution in [3.05, 3.63) is 52.8 Å². The molecular formula is C19H26N4O2. The molecule has 0 bridgehead atoms. The summed E-state index contributed by atoms with van der Waals surface area (Å²) in [6.45, 7) is 6.01. The summed E-state index contributed by atoms with van der Waals surface area (Å²) in [5.74, 6) is 0.0224. The topological polar surface area (TPSA) is 68.2 Å². The number of nitrogens with zero attached hydrogens (tertiary/aromatic N) is 2. The molecule has 2 heterocycles. The molecule has 0 spiro atoms. The normalized spacial score (nSPS) is 20.0. The Bertz CT molecular complexity index is 727. The van der Waals surface area contributed by atoms with Crippen LogP contribution in [0.15, 0.2) is 30.3 Å². The van der Waals surface area contributed by atoms with Crippen molar-refractivity contribution in [2.24, 2.45) is 0 Å². The molecule has 1 aromatic carbocycles. The SMILES string of the molecule is CO[C@@H]1CN[C@H](C(=O)NCc2c(C)nn(Cc3ccccc3)c2C)C1. The second-order valence-electron chi connectivity index (χ2n) is 6.56. The number of amides is 1. The van der Waals surface area contributed by atoms with Crippen LogP contribution in [-0.4, -0.2) is 41.5 Å². The summed E-state index contributed by atoms with van der Waals surface area (Å²) in [6, 6.07) is 10.1. The van der Waals surface area contributed by atoms with Crippen molar-refractivity contribution >= 4 is 5.91 Å². The van der Waals surface area contributed by atoms with E-state index in [1.54, 1.807) is 7.11 Å².